The van der Waals surface area contributed by atoms with Crippen LogP contribution in [0.2, 0.25) is 5.02 Å². The minimum atomic E-state index is 0.0635. The van der Waals surface area contributed by atoms with Crippen LogP contribution in [0.5, 0.6) is 5.75 Å². The lowest BCUT2D eigenvalue weighted by Crippen LogP contribution is -2.18. The molecule has 2 aromatic carbocycles. The Kier molecular flexibility index (Phi) is 4.46. The lowest BCUT2D eigenvalue weighted by Gasteiger charge is -2.20. The molecule has 0 aliphatic carbocycles. The first-order valence-corrected chi connectivity index (χ1v) is 6.60. The Balaban J connectivity index is 2.50. The Morgan fingerprint density at radius 1 is 1.16 bits per heavy atom. The number of benzene rings is 2. The van der Waals surface area contributed by atoms with Gasteiger partial charge in [0.25, 0.3) is 0 Å². The van der Waals surface area contributed by atoms with Gasteiger partial charge < -0.3 is 10.1 Å². The summed E-state index contributed by atoms with van der Waals surface area (Å²) in [5, 5.41) is 4.04. The van der Waals surface area contributed by atoms with Crippen molar-refractivity contribution in [3.63, 3.8) is 0 Å². The maximum atomic E-state index is 6.11. The highest BCUT2D eigenvalue weighted by Crippen LogP contribution is 2.32. The Morgan fingerprint density at radius 2 is 1.95 bits per heavy atom. The first kappa shape index (κ1) is 13.9. The molecule has 1 N–H and O–H groups in total. The fourth-order valence-electron chi connectivity index (χ4n) is 2.28. The van der Waals surface area contributed by atoms with E-state index < -0.39 is 0 Å². The number of aryl methyl sites for hydroxylation is 1. The number of rotatable bonds is 4. The Morgan fingerprint density at radius 3 is 2.58 bits per heavy atom. The fourth-order valence-corrected chi connectivity index (χ4v) is 2.46. The van der Waals surface area contributed by atoms with E-state index in [0.29, 0.717) is 5.02 Å². The van der Waals surface area contributed by atoms with E-state index in [1.54, 1.807) is 7.11 Å². The zero-order chi connectivity index (χ0) is 13.8. The summed E-state index contributed by atoms with van der Waals surface area (Å²) < 4.78 is 5.44. The predicted molar refractivity (Wildman–Crippen MR) is 80.1 cm³/mol. The first-order chi connectivity index (χ1) is 9.15. The highest BCUT2D eigenvalue weighted by Gasteiger charge is 2.17. The molecule has 0 saturated carbocycles. The molecule has 0 spiro atoms. The molecule has 0 aliphatic rings. The standard InChI is InChI=1S/C16H18ClNO/c1-11-5-4-6-12(9-11)16(18-2)14-10-13(17)7-8-15(14)19-3/h4-10,16,18H,1-3H3. The van der Waals surface area contributed by atoms with Crippen molar-refractivity contribution >= 4 is 11.6 Å². The van der Waals surface area contributed by atoms with E-state index in [1.807, 2.05) is 25.2 Å². The summed E-state index contributed by atoms with van der Waals surface area (Å²) in [6.45, 7) is 2.09. The molecule has 0 fully saturated rings. The van der Waals surface area contributed by atoms with Gasteiger partial charge in [0.1, 0.15) is 5.75 Å². The van der Waals surface area contributed by atoms with E-state index in [0.717, 1.165) is 11.3 Å². The lowest BCUT2D eigenvalue weighted by molar-refractivity contribution is 0.405. The number of ether oxygens (including phenoxy) is 1. The predicted octanol–water partition coefficient (Wildman–Crippen LogP) is 3.97. The quantitative estimate of drug-likeness (QED) is 0.912. The van der Waals surface area contributed by atoms with Crippen LogP contribution in [0.1, 0.15) is 22.7 Å². The number of hydrogen-bond acceptors (Lipinski definition) is 2. The maximum Gasteiger partial charge on any atom is 0.124 e. The van der Waals surface area contributed by atoms with E-state index >= 15 is 0 Å². The van der Waals surface area contributed by atoms with Crippen molar-refractivity contribution in [2.75, 3.05) is 14.2 Å². The van der Waals surface area contributed by atoms with Gasteiger partial charge in [-0.25, -0.2) is 0 Å². The minimum absolute atomic E-state index is 0.0635. The second kappa shape index (κ2) is 6.09. The summed E-state index contributed by atoms with van der Waals surface area (Å²) in [5.41, 5.74) is 3.48. The molecule has 0 bridgehead atoms. The molecule has 0 heterocycles. The molecular formula is C16H18ClNO. The van der Waals surface area contributed by atoms with E-state index in [1.165, 1.54) is 11.1 Å². The summed E-state index contributed by atoms with van der Waals surface area (Å²) >= 11 is 6.11. The lowest BCUT2D eigenvalue weighted by atomic mass is 9.97. The molecule has 0 aliphatic heterocycles. The van der Waals surface area contributed by atoms with Crippen LogP contribution in [0.25, 0.3) is 0 Å². The number of nitrogens with one attached hydrogen (secondary N) is 1. The van der Waals surface area contributed by atoms with Crippen molar-refractivity contribution in [2.24, 2.45) is 0 Å². The SMILES string of the molecule is CNC(c1cccc(C)c1)c1cc(Cl)ccc1OC. The Bertz CT molecular complexity index is 568. The van der Waals surface area contributed by atoms with Crippen molar-refractivity contribution in [3.8, 4) is 5.75 Å². The molecule has 2 aromatic rings. The molecule has 19 heavy (non-hydrogen) atoms. The van der Waals surface area contributed by atoms with E-state index in [4.69, 9.17) is 16.3 Å². The van der Waals surface area contributed by atoms with Crippen LogP contribution in [0, 0.1) is 6.92 Å². The molecule has 1 atom stereocenters. The minimum Gasteiger partial charge on any atom is -0.496 e. The zero-order valence-electron chi connectivity index (χ0n) is 11.4. The van der Waals surface area contributed by atoms with Crippen molar-refractivity contribution in [1.29, 1.82) is 0 Å². The topological polar surface area (TPSA) is 21.3 Å². The molecule has 0 saturated heterocycles. The van der Waals surface area contributed by atoms with Crippen LogP contribution in [0.3, 0.4) is 0 Å². The van der Waals surface area contributed by atoms with Gasteiger partial charge in [-0.1, -0.05) is 41.4 Å². The normalized spacial score (nSPS) is 12.2. The van der Waals surface area contributed by atoms with Gasteiger partial charge >= 0.3 is 0 Å². The van der Waals surface area contributed by atoms with Crippen molar-refractivity contribution in [1.82, 2.24) is 5.32 Å². The molecule has 3 heteroatoms. The molecule has 0 aromatic heterocycles. The zero-order valence-corrected chi connectivity index (χ0v) is 12.2. The number of hydrogen-bond donors (Lipinski definition) is 1. The molecule has 0 radical (unpaired) electrons. The second-order valence-electron chi connectivity index (χ2n) is 4.52. The highest BCUT2D eigenvalue weighted by atomic mass is 35.5. The first-order valence-electron chi connectivity index (χ1n) is 6.23. The summed E-state index contributed by atoms with van der Waals surface area (Å²) in [7, 11) is 3.61. The molecule has 100 valence electrons. The van der Waals surface area contributed by atoms with Crippen LogP contribution < -0.4 is 10.1 Å². The number of halogens is 1. The fraction of sp³-hybridized carbons (Fsp3) is 0.250. The molecular weight excluding hydrogens is 258 g/mol. The van der Waals surface area contributed by atoms with Gasteiger partial charge in [0.05, 0.1) is 13.2 Å². The van der Waals surface area contributed by atoms with Crippen LogP contribution in [-0.4, -0.2) is 14.2 Å². The molecule has 1 unspecified atom stereocenters. The third-order valence-electron chi connectivity index (χ3n) is 3.17. The van der Waals surface area contributed by atoms with Crippen LogP contribution >= 0.6 is 11.6 Å². The third-order valence-corrected chi connectivity index (χ3v) is 3.40. The molecule has 2 rings (SSSR count). The summed E-state index contributed by atoms with van der Waals surface area (Å²) in [5.74, 6) is 0.838. The summed E-state index contributed by atoms with van der Waals surface area (Å²) in [6.07, 6.45) is 0. The van der Waals surface area contributed by atoms with Crippen LogP contribution in [0.4, 0.5) is 0 Å². The summed E-state index contributed by atoms with van der Waals surface area (Å²) in [6, 6.07) is 14.2. The average molecular weight is 276 g/mol. The van der Waals surface area contributed by atoms with Crippen molar-refractivity contribution < 1.29 is 4.74 Å². The monoisotopic (exact) mass is 275 g/mol. The van der Waals surface area contributed by atoms with Gasteiger partial charge in [0.15, 0.2) is 0 Å². The largest absolute Gasteiger partial charge is 0.496 e. The molecule has 0 amide bonds. The van der Waals surface area contributed by atoms with Gasteiger partial charge in [0.2, 0.25) is 0 Å². The third kappa shape index (κ3) is 3.09. The van der Waals surface area contributed by atoms with Crippen LogP contribution in [0.15, 0.2) is 42.5 Å². The van der Waals surface area contributed by atoms with Gasteiger partial charge in [-0.05, 0) is 37.7 Å². The average Bonchev–Trinajstić information content (AvgIpc) is 2.40. The van der Waals surface area contributed by atoms with Crippen molar-refractivity contribution in [2.45, 2.75) is 13.0 Å². The van der Waals surface area contributed by atoms with E-state index in [2.05, 4.69) is 36.5 Å². The van der Waals surface area contributed by atoms with Crippen molar-refractivity contribution in [3.05, 3.63) is 64.2 Å². The maximum absolute atomic E-state index is 6.11. The van der Waals surface area contributed by atoms with Crippen LogP contribution in [-0.2, 0) is 0 Å². The van der Waals surface area contributed by atoms with Gasteiger partial charge in [-0.2, -0.15) is 0 Å². The molecule has 2 nitrogen and oxygen atoms in total. The van der Waals surface area contributed by atoms with E-state index in [9.17, 15) is 0 Å². The van der Waals surface area contributed by atoms with Gasteiger partial charge in [-0.15, -0.1) is 0 Å². The smallest absolute Gasteiger partial charge is 0.124 e. The second-order valence-corrected chi connectivity index (χ2v) is 4.96. The highest BCUT2D eigenvalue weighted by molar-refractivity contribution is 6.30. The number of methoxy groups -OCH3 is 1. The summed E-state index contributed by atoms with van der Waals surface area (Å²) in [4.78, 5) is 0. The van der Waals surface area contributed by atoms with E-state index in [-0.39, 0.29) is 6.04 Å². The Hall–Kier alpha value is -1.51. The van der Waals surface area contributed by atoms with Gasteiger partial charge in [-0.3, -0.25) is 0 Å². The van der Waals surface area contributed by atoms with Gasteiger partial charge in [0, 0.05) is 10.6 Å². The Labute approximate surface area is 119 Å².